The standard InChI is InChI=1S/C8H13NO5/c1-3(10)9-5-6(11)4-2-13-8(14-4)7(5)12/h4-8,11-12H,2H2,1H3,(H,9,10)/t4-,5+,6+,7-,8-/m1/s1. The van der Waals surface area contributed by atoms with Crippen LogP contribution in [-0.2, 0) is 14.3 Å². The second kappa shape index (κ2) is 3.47. The highest BCUT2D eigenvalue weighted by molar-refractivity contribution is 5.73. The number of aliphatic hydroxyl groups excluding tert-OH is 2. The highest BCUT2D eigenvalue weighted by atomic mass is 16.7. The minimum Gasteiger partial charge on any atom is -0.388 e. The van der Waals surface area contributed by atoms with E-state index in [-0.39, 0.29) is 12.5 Å². The van der Waals surface area contributed by atoms with Crippen LogP contribution < -0.4 is 5.32 Å². The number of amides is 1. The second-order valence-corrected chi connectivity index (χ2v) is 3.58. The summed E-state index contributed by atoms with van der Waals surface area (Å²) >= 11 is 0. The van der Waals surface area contributed by atoms with Gasteiger partial charge in [0.15, 0.2) is 6.29 Å². The van der Waals surface area contributed by atoms with Crippen LogP contribution >= 0.6 is 0 Å². The molecule has 14 heavy (non-hydrogen) atoms. The molecule has 1 amide bonds. The zero-order chi connectivity index (χ0) is 10.3. The van der Waals surface area contributed by atoms with Crippen LogP contribution in [0.25, 0.3) is 0 Å². The number of aliphatic hydroxyl groups is 2. The topological polar surface area (TPSA) is 88.0 Å². The lowest BCUT2D eigenvalue weighted by atomic mass is 9.98. The van der Waals surface area contributed by atoms with Gasteiger partial charge in [-0.2, -0.15) is 0 Å². The molecule has 2 saturated heterocycles. The van der Waals surface area contributed by atoms with Crippen LogP contribution in [0.1, 0.15) is 6.92 Å². The number of carbonyl (C=O) groups is 1. The zero-order valence-corrected chi connectivity index (χ0v) is 7.71. The van der Waals surface area contributed by atoms with Gasteiger partial charge in [0.05, 0.1) is 12.6 Å². The minimum atomic E-state index is -1.02. The number of carbonyl (C=O) groups excluding carboxylic acids is 1. The molecule has 0 saturated carbocycles. The Morgan fingerprint density at radius 1 is 1.43 bits per heavy atom. The van der Waals surface area contributed by atoms with Crippen LogP contribution in [0.3, 0.4) is 0 Å². The number of hydrogen-bond acceptors (Lipinski definition) is 5. The van der Waals surface area contributed by atoms with Crippen molar-refractivity contribution in [2.45, 2.75) is 37.6 Å². The quantitative estimate of drug-likeness (QED) is 0.457. The number of fused-ring (bicyclic) bond motifs is 2. The van der Waals surface area contributed by atoms with Crippen molar-refractivity contribution in [1.29, 1.82) is 0 Å². The lowest BCUT2D eigenvalue weighted by Crippen LogP contribution is -2.60. The van der Waals surface area contributed by atoms with Crippen LogP contribution in [-0.4, -0.2) is 53.4 Å². The molecule has 0 aromatic rings. The van der Waals surface area contributed by atoms with Crippen LogP contribution in [0, 0.1) is 0 Å². The first kappa shape index (κ1) is 9.85. The van der Waals surface area contributed by atoms with Crippen molar-refractivity contribution in [1.82, 2.24) is 5.32 Å². The summed E-state index contributed by atoms with van der Waals surface area (Å²) < 4.78 is 10.2. The van der Waals surface area contributed by atoms with Gasteiger partial charge in [-0.05, 0) is 0 Å². The average molecular weight is 203 g/mol. The van der Waals surface area contributed by atoms with E-state index in [9.17, 15) is 15.0 Å². The molecule has 80 valence electrons. The van der Waals surface area contributed by atoms with E-state index in [4.69, 9.17) is 9.47 Å². The van der Waals surface area contributed by atoms with Gasteiger partial charge < -0.3 is 25.0 Å². The van der Waals surface area contributed by atoms with E-state index >= 15 is 0 Å². The summed E-state index contributed by atoms with van der Waals surface area (Å²) in [6, 6.07) is -0.709. The number of nitrogens with one attached hydrogen (secondary N) is 1. The van der Waals surface area contributed by atoms with Gasteiger partial charge in [0.1, 0.15) is 18.3 Å². The van der Waals surface area contributed by atoms with Gasteiger partial charge in [0.2, 0.25) is 5.91 Å². The lowest BCUT2D eigenvalue weighted by Gasteiger charge is -2.35. The molecule has 2 aliphatic rings. The summed E-state index contributed by atoms with van der Waals surface area (Å²) in [5.74, 6) is -0.297. The minimum absolute atomic E-state index is 0.249. The monoisotopic (exact) mass is 203 g/mol. The molecule has 2 bridgehead atoms. The molecule has 5 atom stereocenters. The molecule has 0 unspecified atom stereocenters. The number of ether oxygens (including phenoxy) is 2. The summed E-state index contributed by atoms with van der Waals surface area (Å²) in [4.78, 5) is 10.8. The molecule has 0 aliphatic carbocycles. The average Bonchev–Trinajstić information content (AvgIpc) is 2.55. The van der Waals surface area contributed by atoms with Crippen molar-refractivity contribution >= 4 is 5.91 Å². The summed E-state index contributed by atoms with van der Waals surface area (Å²) in [6.45, 7) is 1.58. The SMILES string of the molecule is CC(=O)N[C@H]1[C@@H](O)[C@H]2CO[C@H](O2)[C@@H]1O. The van der Waals surface area contributed by atoms with Gasteiger partial charge in [-0.25, -0.2) is 0 Å². The molecule has 6 heteroatoms. The fraction of sp³-hybridized carbons (Fsp3) is 0.875. The van der Waals surface area contributed by atoms with E-state index in [1.54, 1.807) is 0 Å². The first-order valence-electron chi connectivity index (χ1n) is 4.50. The third-order valence-electron chi connectivity index (χ3n) is 2.50. The van der Waals surface area contributed by atoms with E-state index < -0.39 is 30.6 Å². The Hall–Kier alpha value is -0.690. The largest absolute Gasteiger partial charge is 0.388 e. The van der Waals surface area contributed by atoms with E-state index in [0.717, 1.165) is 0 Å². The lowest BCUT2D eigenvalue weighted by molar-refractivity contribution is -0.195. The summed E-state index contributed by atoms with van der Waals surface area (Å²) in [6.07, 6.45) is -3.14. The number of rotatable bonds is 1. The smallest absolute Gasteiger partial charge is 0.217 e. The van der Waals surface area contributed by atoms with Gasteiger partial charge in [0.25, 0.3) is 0 Å². The molecular weight excluding hydrogens is 190 g/mol. The molecule has 2 aliphatic heterocycles. The summed E-state index contributed by atoms with van der Waals surface area (Å²) in [7, 11) is 0. The van der Waals surface area contributed by atoms with Crippen LogP contribution in [0.5, 0.6) is 0 Å². The maximum atomic E-state index is 10.8. The Labute approximate surface area is 80.8 Å². The fourth-order valence-electron chi connectivity index (χ4n) is 1.81. The van der Waals surface area contributed by atoms with E-state index in [2.05, 4.69) is 5.32 Å². The molecule has 2 rings (SSSR count). The normalized spacial score (nSPS) is 46.4. The van der Waals surface area contributed by atoms with Gasteiger partial charge in [-0.3, -0.25) is 4.79 Å². The molecule has 0 aromatic carbocycles. The predicted octanol–water partition coefficient (Wildman–Crippen LogP) is -2.03. The van der Waals surface area contributed by atoms with Crippen molar-refractivity contribution < 1.29 is 24.5 Å². The van der Waals surface area contributed by atoms with Crippen molar-refractivity contribution in [2.75, 3.05) is 6.61 Å². The zero-order valence-electron chi connectivity index (χ0n) is 7.71. The summed E-state index contributed by atoms with van der Waals surface area (Å²) in [5, 5.41) is 21.8. The fourth-order valence-corrected chi connectivity index (χ4v) is 1.81. The molecule has 6 nitrogen and oxygen atoms in total. The Kier molecular flexibility index (Phi) is 2.44. The highest BCUT2D eigenvalue weighted by Crippen LogP contribution is 2.27. The molecular formula is C8H13NO5. The van der Waals surface area contributed by atoms with E-state index in [1.165, 1.54) is 6.92 Å². The highest BCUT2D eigenvalue weighted by Gasteiger charge is 2.49. The van der Waals surface area contributed by atoms with Gasteiger partial charge in [-0.1, -0.05) is 0 Å². The maximum Gasteiger partial charge on any atom is 0.217 e. The van der Waals surface area contributed by atoms with E-state index in [1.807, 2.05) is 0 Å². The predicted molar refractivity (Wildman–Crippen MR) is 44.2 cm³/mol. The van der Waals surface area contributed by atoms with Crippen molar-refractivity contribution in [2.24, 2.45) is 0 Å². The van der Waals surface area contributed by atoms with Crippen LogP contribution in [0.2, 0.25) is 0 Å². The second-order valence-electron chi connectivity index (χ2n) is 3.58. The van der Waals surface area contributed by atoms with Crippen LogP contribution in [0.15, 0.2) is 0 Å². The maximum absolute atomic E-state index is 10.8. The molecule has 0 spiro atoms. The Balaban J connectivity index is 2.10. The first-order valence-corrected chi connectivity index (χ1v) is 4.50. The molecule has 0 radical (unpaired) electrons. The number of hydrogen-bond donors (Lipinski definition) is 3. The van der Waals surface area contributed by atoms with Crippen LogP contribution in [0.4, 0.5) is 0 Å². The van der Waals surface area contributed by atoms with Crippen molar-refractivity contribution in [3.8, 4) is 0 Å². The third kappa shape index (κ3) is 1.50. The third-order valence-corrected chi connectivity index (χ3v) is 2.50. The Morgan fingerprint density at radius 2 is 2.14 bits per heavy atom. The molecule has 2 heterocycles. The molecule has 2 fully saturated rings. The van der Waals surface area contributed by atoms with Crippen molar-refractivity contribution in [3.63, 3.8) is 0 Å². The Morgan fingerprint density at radius 3 is 2.79 bits per heavy atom. The Bertz CT molecular complexity index is 230. The first-order chi connectivity index (χ1) is 6.59. The van der Waals surface area contributed by atoms with Gasteiger partial charge >= 0.3 is 0 Å². The summed E-state index contributed by atoms with van der Waals surface area (Å²) in [5.41, 5.74) is 0. The van der Waals surface area contributed by atoms with Gasteiger partial charge in [0, 0.05) is 6.92 Å². The van der Waals surface area contributed by atoms with Crippen molar-refractivity contribution in [3.05, 3.63) is 0 Å². The van der Waals surface area contributed by atoms with Gasteiger partial charge in [-0.15, -0.1) is 0 Å². The molecule has 3 N–H and O–H groups in total. The molecule has 0 aromatic heterocycles. The van der Waals surface area contributed by atoms with E-state index in [0.29, 0.717) is 0 Å².